The van der Waals surface area contributed by atoms with Crippen LogP contribution in [-0.2, 0) is 20.9 Å². The summed E-state index contributed by atoms with van der Waals surface area (Å²) in [6.07, 6.45) is 5.22. The zero-order valence-corrected chi connectivity index (χ0v) is 24.4. The van der Waals surface area contributed by atoms with Gasteiger partial charge in [0.25, 0.3) is 0 Å². The van der Waals surface area contributed by atoms with Crippen molar-refractivity contribution in [3.63, 3.8) is 0 Å². The highest BCUT2D eigenvalue weighted by molar-refractivity contribution is 7.25. The van der Waals surface area contributed by atoms with Crippen LogP contribution in [-0.4, -0.2) is 34.9 Å². The number of ketones is 2. The third kappa shape index (κ3) is 6.34. The average molecular weight is 589 g/mol. The number of hydrogen-bond acceptors (Lipinski definition) is 10. The molecule has 2 aromatic heterocycles. The fraction of sp³-hybridized carbons (Fsp3) is 0.290. The first-order valence-corrected chi connectivity index (χ1v) is 15.2. The number of hydrogen-bond donors (Lipinski definition) is 0. The first kappa shape index (κ1) is 28.5. The SMILES string of the molecule is CCCCCC/C(=N\OC(C)=O)C(=O)c1ccc2sc3cc4c(cc3c2c1)CC/C(=N/OC(=O)c1cccs1)C4=O. The largest absolute Gasteiger partial charge is 0.375 e. The monoisotopic (exact) mass is 588 g/mol. The Morgan fingerprint density at radius 2 is 1.78 bits per heavy atom. The first-order chi connectivity index (χ1) is 19.9. The predicted octanol–water partition coefficient (Wildman–Crippen LogP) is 7.53. The molecule has 2 heterocycles. The van der Waals surface area contributed by atoms with Gasteiger partial charge in [0.1, 0.15) is 16.3 Å². The van der Waals surface area contributed by atoms with Crippen molar-refractivity contribution in [1.29, 1.82) is 0 Å². The van der Waals surface area contributed by atoms with Crippen LogP contribution >= 0.6 is 22.7 Å². The van der Waals surface area contributed by atoms with Gasteiger partial charge in [-0.1, -0.05) is 42.6 Å². The third-order valence-electron chi connectivity index (χ3n) is 6.87. The molecule has 0 unspecified atom stereocenters. The molecule has 8 nitrogen and oxygen atoms in total. The van der Waals surface area contributed by atoms with Crippen LogP contribution in [0.2, 0.25) is 0 Å². The summed E-state index contributed by atoms with van der Waals surface area (Å²) in [5, 5.41) is 11.4. The molecule has 41 heavy (non-hydrogen) atoms. The average Bonchev–Trinajstić information content (AvgIpc) is 3.63. The minimum absolute atomic E-state index is 0.217. The maximum Gasteiger partial charge on any atom is 0.375 e. The number of unbranched alkanes of at least 4 members (excludes halogenated alkanes) is 3. The number of fused-ring (bicyclic) bond motifs is 4. The third-order valence-corrected chi connectivity index (χ3v) is 8.85. The fourth-order valence-electron chi connectivity index (χ4n) is 4.78. The van der Waals surface area contributed by atoms with Gasteiger partial charge in [-0.2, -0.15) is 0 Å². The summed E-state index contributed by atoms with van der Waals surface area (Å²) in [4.78, 5) is 60.4. The minimum atomic E-state index is -0.585. The number of nitrogens with zero attached hydrogens (tertiary/aromatic N) is 2. The van der Waals surface area contributed by atoms with Crippen molar-refractivity contribution in [3.8, 4) is 0 Å². The van der Waals surface area contributed by atoms with Crippen LogP contribution in [0.4, 0.5) is 0 Å². The Balaban J connectivity index is 1.42. The van der Waals surface area contributed by atoms with Crippen molar-refractivity contribution in [2.75, 3.05) is 0 Å². The van der Waals surface area contributed by atoms with Gasteiger partial charge < -0.3 is 9.68 Å². The van der Waals surface area contributed by atoms with E-state index in [2.05, 4.69) is 17.2 Å². The van der Waals surface area contributed by atoms with Gasteiger partial charge in [0, 0.05) is 44.6 Å². The Hall–Kier alpha value is -4.02. The molecule has 0 spiro atoms. The van der Waals surface area contributed by atoms with Crippen molar-refractivity contribution >= 4 is 77.8 Å². The topological polar surface area (TPSA) is 111 Å². The van der Waals surface area contributed by atoms with E-state index in [0.717, 1.165) is 51.4 Å². The molecule has 5 rings (SSSR count). The molecule has 210 valence electrons. The highest BCUT2D eigenvalue weighted by Crippen LogP contribution is 2.38. The Labute approximate surface area is 244 Å². The molecule has 0 bridgehead atoms. The number of oxime groups is 2. The smallest absolute Gasteiger partial charge is 0.318 e. The van der Waals surface area contributed by atoms with Crippen LogP contribution in [0, 0.1) is 0 Å². The molecule has 4 aromatic rings. The second-order valence-corrected chi connectivity index (χ2v) is 11.8. The Morgan fingerprint density at radius 3 is 2.54 bits per heavy atom. The number of thiophene rings is 2. The molecule has 0 N–H and O–H groups in total. The number of rotatable bonds is 10. The summed E-state index contributed by atoms with van der Waals surface area (Å²) in [6.45, 7) is 3.37. The summed E-state index contributed by atoms with van der Waals surface area (Å²) >= 11 is 2.78. The van der Waals surface area contributed by atoms with Crippen LogP contribution < -0.4 is 0 Å². The minimum Gasteiger partial charge on any atom is -0.318 e. The molecule has 1 aliphatic rings. The van der Waals surface area contributed by atoms with Gasteiger partial charge in [-0.25, -0.2) is 9.59 Å². The summed E-state index contributed by atoms with van der Waals surface area (Å²) in [5.74, 6) is -1.68. The number of Topliss-reactive ketones (excluding diaryl/α,β-unsaturated/α-hetero) is 2. The normalized spacial score (nSPS) is 14.4. The maximum absolute atomic E-state index is 13.4. The van der Waals surface area contributed by atoms with Gasteiger partial charge in [0.2, 0.25) is 11.6 Å². The Morgan fingerprint density at radius 1 is 0.951 bits per heavy atom. The van der Waals surface area contributed by atoms with E-state index >= 15 is 0 Å². The lowest BCUT2D eigenvalue weighted by molar-refractivity contribution is -0.140. The molecule has 0 saturated carbocycles. The molecule has 0 saturated heterocycles. The van der Waals surface area contributed by atoms with Crippen LogP contribution in [0.15, 0.2) is 58.2 Å². The second-order valence-electron chi connectivity index (χ2n) is 9.80. The Bertz CT molecular complexity index is 1720. The van der Waals surface area contributed by atoms with E-state index in [1.807, 2.05) is 24.3 Å². The maximum atomic E-state index is 13.4. The van der Waals surface area contributed by atoms with Crippen molar-refractivity contribution in [3.05, 3.63) is 69.4 Å². The van der Waals surface area contributed by atoms with Gasteiger partial charge in [0.05, 0.1) is 0 Å². The lowest BCUT2D eigenvalue weighted by Gasteiger charge is -2.16. The number of benzene rings is 2. The van der Waals surface area contributed by atoms with Crippen LogP contribution in [0.3, 0.4) is 0 Å². The van der Waals surface area contributed by atoms with Gasteiger partial charge >= 0.3 is 11.9 Å². The lowest BCUT2D eigenvalue weighted by atomic mass is 9.88. The molecular formula is C31H28N2O6S2. The summed E-state index contributed by atoms with van der Waals surface area (Å²) in [6, 6.07) is 12.7. The van der Waals surface area contributed by atoms with Crippen molar-refractivity contribution in [2.24, 2.45) is 10.3 Å². The molecule has 0 aliphatic heterocycles. The van der Waals surface area contributed by atoms with E-state index in [0.29, 0.717) is 35.3 Å². The first-order valence-electron chi connectivity index (χ1n) is 13.5. The van der Waals surface area contributed by atoms with Crippen LogP contribution in [0.1, 0.15) is 88.3 Å². The quantitative estimate of drug-likeness (QED) is 0.0622. The summed E-state index contributed by atoms with van der Waals surface area (Å²) in [5.41, 5.74) is 2.34. The molecule has 2 aromatic carbocycles. The molecule has 0 amide bonds. The van der Waals surface area contributed by atoms with Crippen LogP contribution in [0.25, 0.3) is 20.2 Å². The predicted molar refractivity (Wildman–Crippen MR) is 161 cm³/mol. The summed E-state index contributed by atoms with van der Waals surface area (Å²) in [7, 11) is 0. The van der Waals surface area contributed by atoms with E-state index in [1.54, 1.807) is 23.6 Å². The van der Waals surface area contributed by atoms with Gasteiger partial charge in [-0.3, -0.25) is 9.59 Å². The lowest BCUT2D eigenvalue weighted by Crippen LogP contribution is -2.23. The number of aryl methyl sites for hydroxylation is 1. The summed E-state index contributed by atoms with van der Waals surface area (Å²) < 4.78 is 1.88. The number of carbonyl (C=O) groups is 4. The van der Waals surface area contributed by atoms with Crippen molar-refractivity contribution < 1.29 is 28.9 Å². The van der Waals surface area contributed by atoms with E-state index in [1.165, 1.54) is 29.6 Å². The number of carbonyl (C=O) groups excluding carboxylic acids is 4. The molecule has 0 radical (unpaired) electrons. The molecule has 10 heteroatoms. The molecule has 0 fully saturated rings. The molecular weight excluding hydrogens is 560 g/mol. The second kappa shape index (κ2) is 12.7. The van der Waals surface area contributed by atoms with Gasteiger partial charge in [-0.05, 0) is 66.6 Å². The van der Waals surface area contributed by atoms with Crippen molar-refractivity contribution in [1.82, 2.24) is 0 Å². The molecule has 0 atom stereocenters. The Kier molecular flexibility index (Phi) is 8.80. The zero-order valence-electron chi connectivity index (χ0n) is 22.7. The van der Waals surface area contributed by atoms with Gasteiger partial charge in [-0.15, -0.1) is 22.7 Å². The zero-order chi connectivity index (χ0) is 28.9. The van der Waals surface area contributed by atoms with E-state index in [9.17, 15) is 19.2 Å². The van der Waals surface area contributed by atoms with Crippen LogP contribution in [0.5, 0.6) is 0 Å². The van der Waals surface area contributed by atoms with Crippen molar-refractivity contribution in [2.45, 2.75) is 58.8 Å². The standard InChI is InChI=1S/C31H28N2O6S2/c1-3-4-5-6-8-24(32-38-18(2)34)29(35)20-11-13-26-22(16-20)23-15-19-10-12-25(30(36)21(19)17-28(23)41-26)33-39-31(37)27-9-7-14-40-27/h7,9,11,13-17H,3-6,8,10,12H2,1-2H3/b32-24+,33-25-. The fourth-order valence-corrected chi connectivity index (χ4v) is 6.48. The van der Waals surface area contributed by atoms with E-state index < -0.39 is 11.9 Å². The molecule has 1 aliphatic carbocycles. The van der Waals surface area contributed by atoms with E-state index in [-0.39, 0.29) is 23.0 Å². The highest BCUT2D eigenvalue weighted by Gasteiger charge is 2.26. The highest BCUT2D eigenvalue weighted by atomic mass is 32.1. The van der Waals surface area contributed by atoms with Gasteiger partial charge in [0.15, 0.2) is 0 Å². The van der Waals surface area contributed by atoms with E-state index in [4.69, 9.17) is 9.68 Å².